The Bertz CT molecular complexity index is 931. The number of carbonyl (C=O) groups excluding carboxylic acids is 1. The number of imidazole rings is 1. The summed E-state index contributed by atoms with van der Waals surface area (Å²) >= 11 is 0. The van der Waals surface area contributed by atoms with E-state index in [0.717, 1.165) is 22.6 Å². The summed E-state index contributed by atoms with van der Waals surface area (Å²) in [4.78, 5) is 22.1. The molecule has 2 aromatic heterocycles. The third kappa shape index (κ3) is 2.74. The minimum Gasteiger partial charge on any atom is -0.382 e. The lowest BCUT2D eigenvalue weighted by Gasteiger charge is -2.09. The molecule has 0 spiro atoms. The molecule has 1 aromatic carbocycles. The number of carbonyl (C=O) groups is 1. The molecule has 1 aliphatic heterocycles. The first-order chi connectivity index (χ1) is 11.7. The summed E-state index contributed by atoms with van der Waals surface area (Å²) in [6, 6.07) is 13.4. The van der Waals surface area contributed by atoms with E-state index < -0.39 is 6.10 Å². The van der Waals surface area contributed by atoms with Gasteiger partial charge in [-0.2, -0.15) is 0 Å². The van der Waals surface area contributed by atoms with Crippen LogP contribution in [0.3, 0.4) is 0 Å². The maximum atomic E-state index is 12.4. The van der Waals surface area contributed by atoms with E-state index in [1.807, 2.05) is 66.2 Å². The molecule has 24 heavy (non-hydrogen) atoms. The van der Waals surface area contributed by atoms with Crippen LogP contribution in [0.4, 0.5) is 5.69 Å². The smallest absolute Gasteiger partial charge is 0.268 e. The van der Waals surface area contributed by atoms with E-state index in [2.05, 4.69) is 15.5 Å². The quantitative estimate of drug-likeness (QED) is 0.807. The lowest BCUT2D eigenvalue weighted by molar-refractivity contribution is -0.125. The number of oxime groups is 1. The number of anilines is 1. The van der Waals surface area contributed by atoms with Crippen molar-refractivity contribution in [3.05, 3.63) is 66.1 Å². The molecule has 3 heterocycles. The number of rotatable bonds is 3. The summed E-state index contributed by atoms with van der Waals surface area (Å²) in [5.74, 6) is -0.208. The van der Waals surface area contributed by atoms with Crippen LogP contribution in [0.5, 0.6) is 0 Å². The second-order valence-corrected chi connectivity index (χ2v) is 5.76. The highest BCUT2D eigenvalue weighted by atomic mass is 16.6. The lowest BCUT2D eigenvalue weighted by atomic mass is 10.0. The number of benzene rings is 1. The van der Waals surface area contributed by atoms with Gasteiger partial charge in [0, 0.05) is 18.8 Å². The van der Waals surface area contributed by atoms with Gasteiger partial charge in [-0.25, -0.2) is 4.98 Å². The topological polar surface area (TPSA) is 68.0 Å². The van der Waals surface area contributed by atoms with Gasteiger partial charge in [-0.1, -0.05) is 35.5 Å². The van der Waals surface area contributed by atoms with Gasteiger partial charge in [0.15, 0.2) is 0 Å². The Hall–Kier alpha value is -3.15. The van der Waals surface area contributed by atoms with Crippen molar-refractivity contribution in [2.24, 2.45) is 5.16 Å². The average molecular weight is 320 g/mol. The van der Waals surface area contributed by atoms with Gasteiger partial charge >= 0.3 is 0 Å². The first kappa shape index (κ1) is 14.4. The fraction of sp³-hybridized carbons (Fsp3) is 0.167. The Kier molecular flexibility index (Phi) is 3.49. The molecule has 0 saturated heterocycles. The first-order valence-corrected chi connectivity index (χ1v) is 7.73. The van der Waals surface area contributed by atoms with E-state index in [9.17, 15) is 4.79 Å². The molecule has 0 saturated carbocycles. The molecule has 1 atom stereocenters. The molecular weight excluding hydrogens is 304 g/mol. The van der Waals surface area contributed by atoms with Crippen LogP contribution in [0.25, 0.3) is 5.65 Å². The maximum absolute atomic E-state index is 12.4. The van der Waals surface area contributed by atoms with E-state index in [-0.39, 0.29) is 5.91 Å². The van der Waals surface area contributed by atoms with Gasteiger partial charge in [-0.3, -0.25) is 4.79 Å². The van der Waals surface area contributed by atoms with Crippen molar-refractivity contribution in [3.63, 3.8) is 0 Å². The van der Waals surface area contributed by atoms with Crippen molar-refractivity contribution in [1.29, 1.82) is 0 Å². The minimum absolute atomic E-state index is 0.208. The lowest BCUT2D eigenvalue weighted by Crippen LogP contribution is -2.28. The molecule has 0 radical (unpaired) electrons. The van der Waals surface area contributed by atoms with Gasteiger partial charge in [-0.15, -0.1) is 0 Å². The second kappa shape index (κ2) is 5.81. The summed E-state index contributed by atoms with van der Waals surface area (Å²) in [5.41, 5.74) is 4.23. The van der Waals surface area contributed by atoms with Crippen LogP contribution in [0.2, 0.25) is 0 Å². The van der Waals surface area contributed by atoms with Crippen molar-refractivity contribution in [1.82, 2.24) is 9.38 Å². The van der Waals surface area contributed by atoms with E-state index in [1.165, 1.54) is 0 Å². The normalized spacial score (nSPS) is 16.7. The van der Waals surface area contributed by atoms with Crippen LogP contribution in [-0.4, -0.2) is 27.1 Å². The largest absolute Gasteiger partial charge is 0.382 e. The van der Waals surface area contributed by atoms with Crippen molar-refractivity contribution in [3.8, 4) is 0 Å². The summed E-state index contributed by atoms with van der Waals surface area (Å²) in [6.07, 6.45) is 3.59. The zero-order valence-corrected chi connectivity index (χ0v) is 13.1. The molecule has 0 aliphatic carbocycles. The molecule has 6 heteroatoms. The van der Waals surface area contributed by atoms with Crippen LogP contribution >= 0.6 is 0 Å². The molecule has 1 amide bonds. The van der Waals surface area contributed by atoms with Gasteiger partial charge < -0.3 is 14.6 Å². The monoisotopic (exact) mass is 320 g/mol. The predicted octanol–water partition coefficient (Wildman–Crippen LogP) is 2.77. The molecule has 0 bridgehead atoms. The molecule has 4 rings (SSSR count). The SMILES string of the molecule is Cc1cn2cc(NC(=O)C3CC(c4ccccc4)=NO3)ccc2n1. The summed E-state index contributed by atoms with van der Waals surface area (Å²) in [7, 11) is 0. The standard InChI is InChI=1S/C18H16N4O2/c1-12-10-22-11-14(7-8-17(22)19-12)20-18(23)16-9-15(21-24-16)13-5-3-2-4-6-13/h2-8,10-11,16H,9H2,1H3,(H,20,23). The zero-order chi connectivity index (χ0) is 16.5. The Balaban J connectivity index is 1.45. The number of aryl methyl sites for hydroxylation is 1. The number of nitrogens with one attached hydrogen (secondary N) is 1. The van der Waals surface area contributed by atoms with Crippen molar-refractivity contribution >= 4 is 23.0 Å². The van der Waals surface area contributed by atoms with Crippen molar-refractivity contribution in [2.45, 2.75) is 19.4 Å². The summed E-state index contributed by atoms with van der Waals surface area (Å²) in [6.45, 7) is 1.93. The first-order valence-electron chi connectivity index (χ1n) is 7.73. The number of hydrogen-bond acceptors (Lipinski definition) is 4. The predicted molar refractivity (Wildman–Crippen MR) is 91.0 cm³/mol. The molecule has 120 valence electrons. The zero-order valence-electron chi connectivity index (χ0n) is 13.1. The Morgan fingerprint density at radius 3 is 2.88 bits per heavy atom. The molecule has 3 aromatic rings. The molecule has 1 aliphatic rings. The molecule has 6 nitrogen and oxygen atoms in total. The number of pyridine rings is 1. The average Bonchev–Trinajstić information content (AvgIpc) is 3.21. The van der Waals surface area contributed by atoms with E-state index in [4.69, 9.17) is 4.84 Å². The number of nitrogens with zero attached hydrogens (tertiary/aromatic N) is 3. The van der Waals surface area contributed by atoms with Crippen LogP contribution in [0.15, 0.2) is 60.0 Å². The summed E-state index contributed by atoms with van der Waals surface area (Å²) in [5, 5.41) is 6.92. The highest BCUT2D eigenvalue weighted by molar-refractivity contribution is 6.06. The van der Waals surface area contributed by atoms with Gasteiger partial charge in [-0.05, 0) is 24.6 Å². The number of hydrogen-bond donors (Lipinski definition) is 1. The number of amides is 1. The number of fused-ring (bicyclic) bond motifs is 1. The highest BCUT2D eigenvalue weighted by Gasteiger charge is 2.28. The summed E-state index contributed by atoms with van der Waals surface area (Å²) < 4.78 is 1.88. The van der Waals surface area contributed by atoms with Crippen LogP contribution in [0.1, 0.15) is 17.7 Å². The van der Waals surface area contributed by atoms with E-state index in [1.54, 1.807) is 0 Å². The second-order valence-electron chi connectivity index (χ2n) is 5.76. The maximum Gasteiger partial charge on any atom is 0.268 e. The van der Waals surface area contributed by atoms with Gasteiger partial charge in [0.25, 0.3) is 5.91 Å². The Morgan fingerprint density at radius 2 is 2.04 bits per heavy atom. The van der Waals surface area contributed by atoms with Gasteiger partial charge in [0.2, 0.25) is 6.10 Å². The van der Waals surface area contributed by atoms with Crippen LogP contribution in [-0.2, 0) is 9.63 Å². The molecule has 1 N–H and O–H groups in total. The fourth-order valence-corrected chi connectivity index (χ4v) is 2.73. The van der Waals surface area contributed by atoms with Crippen molar-refractivity contribution in [2.75, 3.05) is 5.32 Å². The van der Waals surface area contributed by atoms with Crippen molar-refractivity contribution < 1.29 is 9.63 Å². The molecular formula is C18H16N4O2. The Labute approximate surface area is 138 Å². The van der Waals surface area contributed by atoms with E-state index in [0.29, 0.717) is 12.1 Å². The fourth-order valence-electron chi connectivity index (χ4n) is 2.73. The molecule has 0 fully saturated rings. The van der Waals surface area contributed by atoms with E-state index >= 15 is 0 Å². The number of aromatic nitrogens is 2. The third-order valence-corrected chi connectivity index (χ3v) is 3.91. The van der Waals surface area contributed by atoms with Gasteiger partial charge in [0.05, 0.1) is 17.1 Å². The van der Waals surface area contributed by atoms with Crippen LogP contribution in [0, 0.1) is 6.92 Å². The minimum atomic E-state index is -0.611. The van der Waals surface area contributed by atoms with Crippen LogP contribution < -0.4 is 5.32 Å². The van der Waals surface area contributed by atoms with Gasteiger partial charge in [0.1, 0.15) is 5.65 Å². The third-order valence-electron chi connectivity index (χ3n) is 3.91. The Morgan fingerprint density at radius 1 is 1.21 bits per heavy atom. The molecule has 1 unspecified atom stereocenters. The highest BCUT2D eigenvalue weighted by Crippen LogP contribution is 2.19.